The number of likely N-dealkylation sites (tertiary alicyclic amines) is 1. The first kappa shape index (κ1) is 17.0. The molecule has 1 aromatic heterocycles. The lowest BCUT2D eigenvalue weighted by molar-refractivity contribution is -0.127. The third-order valence-electron chi connectivity index (χ3n) is 4.86. The molecule has 1 saturated heterocycles. The Morgan fingerprint density at radius 1 is 1.35 bits per heavy atom. The van der Waals surface area contributed by atoms with Gasteiger partial charge in [-0.05, 0) is 36.8 Å². The maximum absolute atomic E-state index is 12.4. The minimum absolute atomic E-state index is 0. The molecule has 0 radical (unpaired) electrons. The zero-order chi connectivity index (χ0) is 15.1. The molecule has 1 aliphatic heterocycles. The van der Waals surface area contributed by atoms with E-state index in [4.69, 9.17) is 5.73 Å². The van der Waals surface area contributed by atoms with Gasteiger partial charge in [0.25, 0.3) is 0 Å². The Bertz CT molecular complexity index is 674. The number of para-hydroxylation sites is 1. The highest BCUT2D eigenvalue weighted by atomic mass is 35.5. The summed E-state index contributed by atoms with van der Waals surface area (Å²) >= 11 is 3.22. The number of nitrogens with zero attached hydrogens (tertiary/aromatic N) is 2. The SMILES string of the molecule is Cl.NC1CCC2CN(C(=O)CSc3nc4ccccc4s3)CC12. The Hall–Kier alpha value is -0.820. The zero-order valence-electron chi connectivity index (χ0n) is 12.7. The van der Waals surface area contributed by atoms with Crippen LogP contribution in [0.3, 0.4) is 0 Å². The van der Waals surface area contributed by atoms with Crippen molar-refractivity contribution < 1.29 is 4.79 Å². The third kappa shape index (κ3) is 3.36. The first-order valence-electron chi connectivity index (χ1n) is 7.72. The van der Waals surface area contributed by atoms with Crippen LogP contribution in [0.2, 0.25) is 0 Å². The molecule has 3 unspecified atom stereocenters. The van der Waals surface area contributed by atoms with Crippen LogP contribution in [0.15, 0.2) is 28.6 Å². The van der Waals surface area contributed by atoms with E-state index in [1.165, 1.54) is 11.1 Å². The second-order valence-electron chi connectivity index (χ2n) is 6.20. The number of benzene rings is 1. The van der Waals surface area contributed by atoms with Crippen molar-refractivity contribution in [3.05, 3.63) is 24.3 Å². The predicted molar refractivity (Wildman–Crippen MR) is 98.4 cm³/mol. The summed E-state index contributed by atoms with van der Waals surface area (Å²) in [4.78, 5) is 19.0. The molecular formula is C16H20ClN3OS2. The van der Waals surface area contributed by atoms with E-state index in [0.717, 1.165) is 29.4 Å². The summed E-state index contributed by atoms with van der Waals surface area (Å²) in [5.41, 5.74) is 7.16. The number of hydrogen-bond donors (Lipinski definition) is 1. The van der Waals surface area contributed by atoms with Gasteiger partial charge in [0.15, 0.2) is 4.34 Å². The van der Waals surface area contributed by atoms with Gasteiger partial charge in [0.1, 0.15) is 0 Å². The predicted octanol–water partition coefficient (Wildman–Crippen LogP) is 3.01. The van der Waals surface area contributed by atoms with E-state index in [1.807, 2.05) is 23.1 Å². The molecule has 2 fully saturated rings. The molecule has 1 amide bonds. The summed E-state index contributed by atoms with van der Waals surface area (Å²) in [7, 11) is 0. The lowest BCUT2D eigenvalue weighted by atomic mass is 9.98. The van der Waals surface area contributed by atoms with Gasteiger partial charge in [-0.1, -0.05) is 23.9 Å². The van der Waals surface area contributed by atoms with Crippen molar-refractivity contribution in [2.45, 2.75) is 23.2 Å². The minimum atomic E-state index is 0. The van der Waals surface area contributed by atoms with Crippen LogP contribution >= 0.6 is 35.5 Å². The molecule has 124 valence electrons. The molecule has 2 aromatic rings. The van der Waals surface area contributed by atoms with Crippen LogP contribution in [0.25, 0.3) is 10.2 Å². The van der Waals surface area contributed by atoms with E-state index >= 15 is 0 Å². The van der Waals surface area contributed by atoms with Gasteiger partial charge in [-0.25, -0.2) is 4.98 Å². The molecule has 4 nitrogen and oxygen atoms in total. The first-order valence-corrected chi connectivity index (χ1v) is 9.52. The summed E-state index contributed by atoms with van der Waals surface area (Å²) < 4.78 is 2.16. The molecule has 2 N–H and O–H groups in total. The summed E-state index contributed by atoms with van der Waals surface area (Å²) in [5, 5.41) is 0. The normalized spacial score (nSPS) is 26.3. The van der Waals surface area contributed by atoms with Gasteiger partial charge in [0, 0.05) is 19.1 Å². The molecule has 7 heteroatoms. The molecule has 1 saturated carbocycles. The highest BCUT2D eigenvalue weighted by Crippen LogP contribution is 2.37. The topological polar surface area (TPSA) is 59.2 Å². The van der Waals surface area contributed by atoms with Crippen molar-refractivity contribution in [1.29, 1.82) is 0 Å². The van der Waals surface area contributed by atoms with Gasteiger partial charge < -0.3 is 10.6 Å². The maximum atomic E-state index is 12.4. The summed E-state index contributed by atoms with van der Waals surface area (Å²) in [6.45, 7) is 1.75. The number of halogens is 1. The van der Waals surface area contributed by atoms with Crippen LogP contribution in [0.4, 0.5) is 0 Å². The van der Waals surface area contributed by atoms with E-state index in [2.05, 4.69) is 11.1 Å². The number of carbonyl (C=O) groups excluding carboxylic acids is 1. The average Bonchev–Trinajstić information content (AvgIpc) is 3.20. The Balaban J connectivity index is 0.00000156. The molecule has 0 bridgehead atoms. The maximum Gasteiger partial charge on any atom is 0.233 e. The Kier molecular flexibility index (Phi) is 5.16. The fourth-order valence-electron chi connectivity index (χ4n) is 3.64. The number of thiazole rings is 1. The van der Waals surface area contributed by atoms with E-state index < -0.39 is 0 Å². The van der Waals surface area contributed by atoms with Crippen molar-refractivity contribution in [1.82, 2.24) is 9.88 Å². The smallest absolute Gasteiger partial charge is 0.233 e. The second-order valence-corrected chi connectivity index (χ2v) is 8.45. The van der Waals surface area contributed by atoms with Crippen LogP contribution < -0.4 is 5.73 Å². The molecule has 3 atom stereocenters. The first-order chi connectivity index (χ1) is 10.7. The van der Waals surface area contributed by atoms with Crippen LogP contribution in [0, 0.1) is 11.8 Å². The molecular weight excluding hydrogens is 350 g/mol. The lowest BCUT2D eigenvalue weighted by Crippen LogP contribution is -2.34. The van der Waals surface area contributed by atoms with Crippen molar-refractivity contribution >= 4 is 51.6 Å². The van der Waals surface area contributed by atoms with Gasteiger partial charge in [-0.3, -0.25) is 4.79 Å². The fraction of sp³-hybridized carbons (Fsp3) is 0.500. The number of nitrogens with two attached hydrogens (primary N) is 1. The molecule has 4 rings (SSSR count). The third-order valence-corrected chi connectivity index (χ3v) is 7.02. The Labute approximate surface area is 150 Å². The highest BCUT2D eigenvalue weighted by molar-refractivity contribution is 8.01. The average molecular weight is 370 g/mol. The van der Waals surface area contributed by atoms with Crippen LogP contribution in [0.5, 0.6) is 0 Å². The number of aromatic nitrogens is 1. The summed E-state index contributed by atoms with van der Waals surface area (Å²) in [5.74, 6) is 1.86. The Morgan fingerprint density at radius 2 is 2.17 bits per heavy atom. The van der Waals surface area contributed by atoms with Crippen molar-refractivity contribution in [3.8, 4) is 0 Å². The van der Waals surface area contributed by atoms with E-state index in [1.54, 1.807) is 23.1 Å². The molecule has 1 aromatic carbocycles. The zero-order valence-corrected chi connectivity index (χ0v) is 15.1. The highest BCUT2D eigenvalue weighted by Gasteiger charge is 2.42. The standard InChI is InChI=1S/C16H19N3OS2.ClH/c17-12-6-5-10-7-19(8-11(10)12)15(20)9-21-16-18-13-3-1-2-4-14(13)22-16;/h1-4,10-12H,5-9,17H2;1H. The molecule has 2 aliphatic rings. The fourth-order valence-corrected chi connectivity index (χ4v) is 5.61. The summed E-state index contributed by atoms with van der Waals surface area (Å²) in [6.07, 6.45) is 2.30. The molecule has 1 aliphatic carbocycles. The van der Waals surface area contributed by atoms with Crippen molar-refractivity contribution in [2.24, 2.45) is 17.6 Å². The number of thioether (sulfide) groups is 1. The molecule has 0 spiro atoms. The summed E-state index contributed by atoms with van der Waals surface area (Å²) in [6, 6.07) is 8.39. The number of amides is 1. The van der Waals surface area contributed by atoms with Crippen LogP contribution in [-0.2, 0) is 4.79 Å². The lowest BCUT2D eigenvalue weighted by Gasteiger charge is -2.18. The minimum Gasteiger partial charge on any atom is -0.341 e. The molecule has 2 heterocycles. The second kappa shape index (κ2) is 6.97. The van der Waals surface area contributed by atoms with Gasteiger partial charge >= 0.3 is 0 Å². The van der Waals surface area contributed by atoms with Gasteiger partial charge in [0.2, 0.25) is 5.91 Å². The molecule has 23 heavy (non-hydrogen) atoms. The number of fused-ring (bicyclic) bond motifs is 2. The van der Waals surface area contributed by atoms with Gasteiger partial charge in [-0.15, -0.1) is 23.7 Å². The van der Waals surface area contributed by atoms with Crippen LogP contribution in [-0.4, -0.2) is 40.7 Å². The van der Waals surface area contributed by atoms with Gasteiger partial charge in [0.05, 0.1) is 16.0 Å². The van der Waals surface area contributed by atoms with E-state index in [0.29, 0.717) is 23.6 Å². The number of rotatable bonds is 3. The van der Waals surface area contributed by atoms with Crippen LogP contribution in [0.1, 0.15) is 12.8 Å². The van der Waals surface area contributed by atoms with Crippen molar-refractivity contribution in [3.63, 3.8) is 0 Å². The quantitative estimate of drug-likeness (QED) is 0.845. The van der Waals surface area contributed by atoms with Crippen molar-refractivity contribution in [2.75, 3.05) is 18.8 Å². The number of carbonyl (C=O) groups is 1. The van der Waals surface area contributed by atoms with E-state index in [9.17, 15) is 4.79 Å². The number of hydrogen-bond acceptors (Lipinski definition) is 5. The Morgan fingerprint density at radius 3 is 2.96 bits per heavy atom. The monoisotopic (exact) mass is 369 g/mol. The largest absolute Gasteiger partial charge is 0.341 e. The van der Waals surface area contributed by atoms with E-state index in [-0.39, 0.29) is 18.3 Å². The van der Waals surface area contributed by atoms with Gasteiger partial charge in [-0.2, -0.15) is 0 Å².